The number of nitrogens with one attached hydrogen (secondary N) is 1. The van der Waals surface area contributed by atoms with Crippen molar-refractivity contribution < 1.29 is 9.53 Å². The number of benzene rings is 1. The molecule has 146 valence electrons. The largest absolute Gasteiger partial charge is 0.486 e. The van der Waals surface area contributed by atoms with Crippen molar-refractivity contribution in [2.45, 2.75) is 59.1 Å². The van der Waals surface area contributed by atoms with E-state index in [4.69, 9.17) is 9.72 Å². The van der Waals surface area contributed by atoms with Gasteiger partial charge in [0.2, 0.25) is 5.91 Å². The summed E-state index contributed by atoms with van der Waals surface area (Å²) in [4.78, 5) is 17.3. The lowest BCUT2D eigenvalue weighted by molar-refractivity contribution is -0.127. The maximum absolute atomic E-state index is 12.4. The van der Waals surface area contributed by atoms with E-state index in [1.54, 1.807) is 7.05 Å². The Morgan fingerprint density at radius 2 is 2.00 bits per heavy atom. The highest BCUT2D eigenvalue weighted by Gasteiger charge is 2.56. The second-order valence-electron chi connectivity index (χ2n) is 8.03. The zero-order valence-corrected chi connectivity index (χ0v) is 17.0. The molecule has 0 aliphatic heterocycles. The number of para-hydroxylation sites is 1. The van der Waals surface area contributed by atoms with Gasteiger partial charge >= 0.3 is 0 Å². The maximum atomic E-state index is 12.4. The van der Waals surface area contributed by atoms with Crippen LogP contribution in [0.3, 0.4) is 0 Å². The van der Waals surface area contributed by atoms with E-state index in [1.165, 1.54) is 0 Å². The number of nitrogens with zero attached hydrogens (tertiary/aromatic N) is 3. The fraction of sp³-hybridized carbons (Fsp3) is 0.571. The summed E-state index contributed by atoms with van der Waals surface area (Å²) in [5.74, 6) is 2.51. The molecule has 2 aromatic rings. The Balaban J connectivity index is 1.87. The molecule has 6 nitrogen and oxygen atoms in total. The molecule has 6 heteroatoms. The molecular weight excluding hydrogens is 340 g/mol. The fourth-order valence-electron chi connectivity index (χ4n) is 4.28. The van der Waals surface area contributed by atoms with Crippen LogP contribution >= 0.6 is 0 Å². The number of aromatic nitrogens is 3. The maximum Gasteiger partial charge on any atom is 0.223 e. The van der Waals surface area contributed by atoms with Crippen molar-refractivity contribution in [2.75, 3.05) is 7.05 Å². The van der Waals surface area contributed by atoms with Crippen molar-refractivity contribution in [3.05, 3.63) is 42.0 Å². The number of amides is 1. The Hall–Kier alpha value is -2.37. The summed E-state index contributed by atoms with van der Waals surface area (Å²) in [5, 5.41) is 7.49. The lowest BCUT2D eigenvalue weighted by atomic mass is 9.65. The highest BCUT2D eigenvalue weighted by Crippen LogP contribution is 2.56. The molecule has 0 bridgehead atoms. The molecule has 1 amide bonds. The first-order valence-electron chi connectivity index (χ1n) is 9.67. The van der Waals surface area contributed by atoms with Crippen LogP contribution in [-0.2, 0) is 23.4 Å². The molecule has 1 saturated carbocycles. The molecule has 1 heterocycles. The summed E-state index contributed by atoms with van der Waals surface area (Å²) < 4.78 is 7.80. The van der Waals surface area contributed by atoms with Crippen LogP contribution in [0.5, 0.6) is 5.75 Å². The lowest BCUT2D eigenvalue weighted by Crippen LogP contribution is -2.44. The molecule has 1 aromatic carbocycles. The Kier molecular flexibility index (Phi) is 5.27. The van der Waals surface area contributed by atoms with Crippen molar-refractivity contribution in [1.82, 2.24) is 20.1 Å². The van der Waals surface area contributed by atoms with E-state index in [1.807, 2.05) is 35.0 Å². The second-order valence-corrected chi connectivity index (χ2v) is 8.03. The van der Waals surface area contributed by atoms with E-state index in [2.05, 4.69) is 38.1 Å². The minimum atomic E-state index is -0.224. The van der Waals surface area contributed by atoms with Crippen LogP contribution in [0, 0.1) is 11.3 Å². The van der Waals surface area contributed by atoms with Crippen molar-refractivity contribution in [3.8, 4) is 5.75 Å². The summed E-state index contributed by atoms with van der Waals surface area (Å²) >= 11 is 0. The van der Waals surface area contributed by atoms with Crippen LogP contribution in [0.4, 0.5) is 0 Å². The van der Waals surface area contributed by atoms with Crippen molar-refractivity contribution in [2.24, 2.45) is 11.3 Å². The summed E-state index contributed by atoms with van der Waals surface area (Å²) in [7, 11) is 1.71. The van der Waals surface area contributed by atoms with Gasteiger partial charge in [-0.05, 0) is 37.3 Å². The first-order chi connectivity index (χ1) is 12.8. The molecule has 2 unspecified atom stereocenters. The second kappa shape index (κ2) is 7.33. The zero-order valence-electron chi connectivity index (χ0n) is 17.0. The van der Waals surface area contributed by atoms with Crippen LogP contribution in [0.15, 0.2) is 30.3 Å². The predicted molar refractivity (Wildman–Crippen MR) is 104 cm³/mol. The Labute approximate surface area is 161 Å². The van der Waals surface area contributed by atoms with E-state index >= 15 is 0 Å². The van der Waals surface area contributed by atoms with Crippen LogP contribution in [0.1, 0.15) is 52.2 Å². The quantitative estimate of drug-likeness (QED) is 0.847. The average molecular weight is 370 g/mol. The lowest BCUT2D eigenvalue weighted by Gasteiger charge is -2.40. The van der Waals surface area contributed by atoms with Crippen molar-refractivity contribution in [3.63, 3.8) is 0 Å². The molecule has 1 aliphatic rings. The van der Waals surface area contributed by atoms with Gasteiger partial charge in [-0.3, -0.25) is 4.79 Å². The third-order valence-corrected chi connectivity index (χ3v) is 6.41. The number of rotatable bonds is 6. The van der Waals surface area contributed by atoms with Gasteiger partial charge in [-0.25, -0.2) is 9.67 Å². The molecular formula is C21H30N4O2. The van der Waals surface area contributed by atoms with Gasteiger partial charge < -0.3 is 10.1 Å². The van der Waals surface area contributed by atoms with E-state index in [9.17, 15) is 4.79 Å². The fourth-order valence-corrected chi connectivity index (χ4v) is 4.28. The smallest absolute Gasteiger partial charge is 0.223 e. The molecule has 0 saturated heterocycles. The van der Waals surface area contributed by atoms with Gasteiger partial charge in [0.25, 0.3) is 0 Å². The predicted octanol–water partition coefficient (Wildman–Crippen LogP) is 3.32. The SMILES string of the molecule is CCn1nc(COc2ccccc2)nc1C1(C)CCC(C(=O)NC)C1(C)C. The molecule has 27 heavy (non-hydrogen) atoms. The molecule has 1 fully saturated rings. The Morgan fingerprint density at radius 1 is 1.30 bits per heavy atom. The monoisotopic (exact) mass is 370 g/mol. The van der Waals surface area contributed by atoms with Gasteiger partial charge in [-0.1, -0.05) is 39.0 Å². The highest BCUT2D eigenvalue weighted by molar-refractivity contribution is 5.80. The number of aryl methyl sites for hydroxylation is 1. The first kappa shape index (κ1) is 19.4. The highest BCUT2D eigenvalue weighted by atomic mass is 16.5. The van der Waals surface area contributed by atoms with E-state index < -0.39 is 0 Å². The average Bonchev–Trinajstić information content (AvgIpc) is 3.20. The molecule has 0 radical (unpaired) electrons. The summed E-state index contributed by atoms with van der Waals surface area (Å²) in [6.45, 7) is 9.71. The first-order valence-corrected chi connectivity index (χ1v) is 9.67. The van der Waals surface area contributed by atoms with Gasteiger partial charge in [-0.2, -0.15) is 5.10 Å². The van der Waals surface area contributed by atoms with Gasteiger partial charge in [0, 0.05) is 24.9 Å². The Morgan fingerprint density at radius 3 is 2.63 bits per heavy atom. The third kappa shape index (κ3) is 3.33. The van der Waals surface area contributed by atoms with E-state index in [0.29, 0.717) is 12.4 Å². The van der Waals surface area contributed by atoms with E-state index in [-0.39, 0.29) is 22.7 Å². The Bertz CT molecular complexity index is 800. The number of carbonyl (C=O) groups is 1. The molecule has 3 rings (SSSR count). The van der Waals surface area contributed by atoms with Gasteiger partial charge in [-0.15, -0.1) is 0 Å². The number of ether oxygens (including phenoxy) is 1. The number of hydrogen-bond acceptors (Lipinski definition) is 4. The molecule has 0 spiro atoms. The van der Waals surface area contributed by atoms with Gasteiger partial charge in [0.15, 0.2) is 5.82 Å². The van der Waals surface area contributed by atoms with Crippen LogP contribution in [-0.4, -0.2) is 27.7 Å². The summed E-state index contributed by atoms with van der Waals surface area (Å²) in [6.07, 6.45) is 1.77. The molecule has 1 aromatic heterocycles. The molecule has 1 N–H and O–H groups in total. The van der Waals surface area contributed by atoms with E-state index in [0.717, 1.165) is 31.0 Å². The zero-order chi connectivity index (χ0) is 19.7. The minimum Gasteiger partial charge on any atom is -0.486 e. The van der Waals surface area contributed by atoms with Crippen LogP contribution in [0.25, 0.3) is 0 Å². The topological polar surface area (TPSA) is 69.0 Å². The summed E-state index contributed by atoms with van der Waals surface area (Å²) in [5.41, 5.74) is -0.442. The standard InChI is InChI=1S/C21H30N4O2/c1-6-25-19(21(4)13-12-16(18(26)22-5)20(21,2)3)23-17(24-25)14-27-15-10-8-7-9-11-15/h7-11,16H,6,12-14H2,1-5H3,(H,22,26). The van der Waals surface area contributed by atoms with Crippen molar-refractivity contribution in [1.29, 1.82) is 0 Å². The minimum absolute atomic E-state index is 0.0291. The summed E-state index contributed by atoms with van der Waals surface area (Å²) in [6, 6.07) is 9.70. The normalized spacial score (nSPS) is 24.0. The third-order valence-electron chi connectivity index (χ3n) is 6.41. The van der Waals surface area contributed by atoms with Gasteiger partial charge in [0.05, 0.1) is 0 Å². The number of carbonyl (C=O) groups excluding carboxylic acids is 1. The number of hydrogen-bond donors (Lipinski definition) is 1. The molecule has 1 aliphatic carbocycles. The van der Waals surface area contributed by atoms with Crippen LogP contribution < -0.4 is 10.1 Å². The van der Waals surface area contributed by atoms with Gasteiger partial charge in [0.1, 0.15) is 18.2 Å². The van der Waals surface area contributed by atoms with Crippen LogP contribution in [0.2, 0.25) is 0 Å². The molecule has 2 atom stereocenters. The van der Waals surface area contributed by atoms with Crippen molar-refractivity contribution >= 4 is 5.91 Å².